The molecule has 1 rings (SSSR count). The van der Waals surface area contributed by atoms with Crippen LogP contribution in [0.25, 0.3) is 0 Å². The Morgan fingerprint density at radius 2 is 2.11 bits per heavy atom. The third kappa shape index (κ3) is 4.26. The number of amides is 1. The van der Waals surface area contributed by atoms with E-state index in [0.717, 1.165) is 18.4 Å². The zero-order valence-electron chi connectivity index (χ0n) is 12.5. The van der Waals surface area contributed by atoms with E-state index in [-0.39, 0.29) is 12.1 Å². The molecule has 0 aromatic rings. The van der Waals surface area contributed by atoms with Gasteiger partial charge in [-0.3, -0.25) is 0 Å². The van der Waals surface area contributed by atoms with Crippen LogP contribution in [0.4, 0.5) is 4.79 Å². The summed E-state index contributed by atoms with van der Waals surface area (Å²) in [5.41, 5.74) is 0.845. The largest absolute Gasteiger partial charge is 0.444 e. The summed E-state index contributed by atoms with van der Waals surface area (Å²) in [7, 11) is 1.80. The molecule has 1 atom stereocenters. The monoisotopic (exact) mass is 267 g/mol. The zero-order valence-corrected chi connectivity index (χ0v) is 12.5. The molecule has 19 heavy (non-hydrogen) atoms. The first-order chi connectivity index (χ1) is 8.76. The molecule has 5 heteroatoms. The SMILES string of the molecule is CN/C=C(\C(C)=N)[C@H]1CCCN1C(=O)OC(C)(C)C. The van der Waals surface area contributed by atoms with Crippen LogP contribution in [-0.4, -0.2) is 41.9 Å². The van der Waals surface area contributed by atoms with Crippen LogP contribution in [-0.2, 0) is 4.74 Å². The number of hydrogen-bond acceptors (Lipinski definition) is 4. The minimum atomic E-state index is -0.489. The minimum absolute atomic E-state index is 0.0557. The predicted octanol–water partition coefficient (Wildman–Crippen LogP) is 2.53. The third-order valence-electron chi connectivity index (χ3n) is 2.97. The average Bonchev–Trinajstić information content (AvgIpc) is 2.71. The smallest absolute Gasteiger partial charge is 0.410 e. The summed E-state index contributed by atoms with van der Waals surface area (Å²) in [5, 5.41) is 10.8. The molecular weight excluding hydrogens is 242 g/mol. The number of ether oxygens (including phenoxy) is 1. The van der Waals surface area contributed by atoms with Gasteiger partial charge < -0.3 is 20.4 Å². The quantitative estimate of drug-likeness (QED) is 0.772. The molecule has 5 nitrogen and oxygen atoms in total. The summed E-state index contributed by atoms with van der Waals surface area (Å²) in [6.07, 6.45) is 3.33. The molecule has 1 fully saturated rings. The van der Waals surface area contributed by atoms with Crippen LogP contribution >= 0.6 is 0 Å². The average molecular weight is 267 g/mol. The number of carbonyl (C=O) groups excluding carboxylic acids is 1. The Balaban J connectivity index is 2.87. The van der Waals surface area contributed by atoms with Crippen molar-refractivity contribution < 1.29 is 9.53 Å². The highest BCUT2D eigenvalue weighted by Gasteiger charge is 2.34. The zero-order chi connectivity index (χ0) is 14.6. The molecular formula is C14H25N3O2. The second-order valence-corrected chi connectivity index (χ2v) is 5.85. The minimum Gasteiger partial charge on any atom is -0.444 e. The molecule has 1 heterocycles. The van der Waals surface area contributed by atoms with Gasteiger partial charge in [0.15, 0.2) is 0 Å². The molecule has 1 aliphatic rings. The fourth-order valence-electron chi connectivity index (χ4n) is 2.24. The molecule has 0 aromatic carbocycles. The summed E-state index contributed by atoms with van der Waals surface area (Å²) >= 11 is 0. The summed E-state index contributed by atoms with van der Waals surface area (Å²) in [6.45, 7) is 8.02. The van der Waals surface area contributed by atoms with Crippen molar-refractivity contribution in [2.45, 2.75) is 52.2 Å². The Kier molecular flexibility index (Phi) is 4.97. The number of nitrogens with one attached hydrogen (secondary N) is 2. The number of hydrogen-bond donors (Lipinski definition) is 2. The third-order valence-corrected chi connectivity index (χ3v) is 2.97. The van der Waals surface area contributed by atoms with Gasteiger partial charge in [0, 0.05) is 31.1 Å². The Labute approximate surface area is 115 Å². The molecule has 0 spiro atoms. The van der Waals surface area contributed by atoms with Gasteiger partial charge in [0.1, 0.15) is 5.60 Å². The topological polar surface area (TPSA) is 65.4 Å². The van der Waals surface area contributed by atoms with Crippen LogP contribution in [0.2, 0.25) is 0 Å². The van der Waals surface area contributed by atoms with Gasteiger partial charge in [-0.25, -0.2) is 4.79 Å². The lowest BCUT2D eigenvalue weighted by Gasteiger charge is -2.29. The van der Waals surface area contributed by atoms with Crippen molar-refractivity contribution in [3.8, 4) is 0 Å². The Morgan fingerprint density at radius 3 is 2.58 bits per heavy atom. The molecule has 1 saturated heterocycles. The molecule has 1 aliphatic heterocycles. The first-order valence-corrected chi connectivity index (χ1v) is 6.68. The Hall–Kier alpha value is -1.52. The molecule has 0 saturated carbocycles. The lowest BCUT2D eigenvalue weighted by atomic mass is 10.0. The van der Waals surface area contributed by atoms with E-state index < -0.39 is 5.60 Å². The van der Waals surface area contributed by atoms with Gasteiger partial charge in [-0.1, -0.05) is 0 Å². The number of rotatable bonds is 3. The van der Waals surface area contributed by atoms with Crippen LogP contribution in [0, 0.1) is 5.41 Å². The molecule has 0 bridgehead atoms. The van der Waals surface area contributed by atoms with E-state index in [4.69, 9.17) is 10.1 Å². The first-order valence-electron chi connectivity index (χ1n) is 6.68. The van der Waals surface area contributed by atoms with Crippen molar-refractivity contribution in [3.05, 3.63) is 11.8 Å². The van der Waals surface area contributed by atoms with Gasteiger partial charge in [-0.05, 0) is 40.5 Å². The maximum Gasteiger partial charge on any atom is 0.410 e. The molecule has 0 aromatic heterocycles. The lowest BCUT2D eigenvalue weighted by molar-refractivity contribution is 0.0252. The van der Waals surface area contributed by atoms with Crippen LogP contribution in [0.5, 0.6) is 0 Å². The maximum absolute atomic E-state index is 12.2. The van der Waals surface area contributed by atoms with Gasteiger partial charge in [0.05, 0.1) is 6.04 Å². The fraction of sp³-hybridized carbons (Fsp3) is 0.714. The number of nitrogens with zero attached hydrogens (tertiary/aromatic N) is 1. The molecule has 0 unspecified atom stereocenters. The molecule has 1 amide bonds. The van der Waals surface area contributed by atoms with Crippen LogP contribution in [0.15, 0.2) is 11.8 Å². The highest BCUT2D eigenvalue weighted by atomic mass is 16.6. The van der Waals surface area contributed by atoms with Gasteiger partial charge in [0.25, 0.3) is 0 Å². The standard InChI is InChI=1S/C14H25N3O2/c1-10(15)11(9-16-5)12-7-6-8-17(12)13(18)19-14(2,3)4/h9,12,15-16H,6-8H2,1-5H3/b11-9+,15-10?/t12-/m1/s1. The first kappa shape index (κ1) is 15.5. The van der Waals surface area contributed by atoms with Gasteiger partial charge in [0.2, 0.25) is 0 Å². The predicted molar refractivity (Wildman–Crippen MR) is 76.5 cm³/mol. The summed E-state index contributed by atoms with van der Waals surface area (Å²) in [6, 6.07) is -0.0557. The van der Waals surface area contributed by atoms with Gasteiger partial charge in [-0.15, -0.1) is 0 Å². The van der Waals surface area contributed by atoms with E-state index in [1.54, 1.807) is 25.1 Å². The van der Waals surface area contributed by atoms with Crippen LogP contribution < -0.4 is 5.32 Å². The maximum atomic E-state index is 12.2. The van der Waals surface area contributed by atoms with E-state index >= 15 is 0 Å². The van der Waals surface area contributed by atoms with E-state index in [9.17, 15) is 4.79 Å². The number of likely N-dealkylation sites (tertiary alicyclic amines) is 1. The second kappa shape index (κ2) is 6.08. The Bertz CT molecular complexity index is 383. The van der Waals surface area contributed by atoms with Crippen LogP contribution in [0.3, 0.4) is 0 Å². The van der Waals surface area contributed by atoms with Crippen molar-refractivity contribution in [2.24, 2.45) is 0 Å². The van der Waals surface area contributed by atoms with Gasteiger partial charge >= 0.3 is 6.09 Å². The van der Waals surface area contributed by atoms with Crippen molar-refractivity contribution >= 4 is 11.8 Å². The summed E-state index contributed by atoms with van der Waals surface area (Å²) < 4.78 is 5.43. The molecule has 0 aliphatic carbocycles. The summed E-state index contributed by atoms with van der Waals surface area (Å²) in [4.78, 5) is 13.9. The van der Waals surface area contributed by atoms with E-state index in [0.29, 0.717) is 12.3 Å². The van der Waals surface area contributed by atoms with E-state index in [1.807, 2.05) is 20.8 Å². The normalized spacial score (nSPS) is 20.4. The highest BCUT2D eigenvalue weighted by molar-refractivity contribution is 5.97. The lowest BCUT2D eigenvalue weighted by Crippen LogP contribution is -2.41. The van der Waals surface area contributed by atoms with Crippen molar-refractivity contribution in [2.75, 3.05) is 13.6 Å². The molecule has 108 valence electrons. The van der Waals surface area contributed by atoms with Crippen molar-refractivity contribution in [1.29, 1.82) is 5.41 Å². The van der Waals surface area contributed by atoms with E-state index in [1.165, 1.54) is 0 Å². The number of carbonyl (C=O) groups is 1. The van der Waals surface area contributed by atoms with Crippen LogP contribution in [0.1, 0.15) is 40.5 Å². The van der Waals surface area contributed by atoms with Gasteiger partial charge in [-0.2, -0.15) is 0 Å². The molecule has 0 radical (unpaired) electrons. The van der Waals surface area contributed by atoms with E-state index in [2.05, 4.69) is 5.32 Å². The Morgan fingerprint density at radius 1 is 1.47 bits per heavy atom. The second-order valence-electron chi connectivity index (χ2n) is 5.85. The summed E-state index contributed by atoms with van der Waals surface area (Å²) in [5.74, 6) is 0. The molecule has 2 N–H and O–H groups in total. The van der Waals surface area contributed by atoms with Crippen molar-refractivity contribution in [1.82, 2.24) is 10.2 Å². The fourth-order valence-corrected chi connectivity index (χ4v) is 2.24. The highest BCUT2D eigenvalue weighted by Crippen LogP contribution is 2.26. The van der Waals surface area contributed by atoms with Crippen molar-refractivity contribution in [3.63, 3.8) is 0 Å².